The SMILES string of the molecule is C=CCc1ccc(Cc2cc(C(C)(C)C)cc(C(C)(C)C)c2OC)cc1. The predicted octanol–water partition coefficient (Wildman–Crippen LogP) is 6.61. The van der Waals surface area contributed by atoms with Gasteiger partial charge in [0.2, 0.25) is 0 Å². The Labute approximate surface area is 160 Å². The minimum Gasteiger partial charge on any atom is -0.496 e. The fraction of sp³-hybridized carbons (Fsp3) is 0.440. The first-order valence-electron chi connectivity index (χ1n) is 9.47. The molecule has 26 heavy (non-hydrogen) atoms. The van der Waals surface area contributed by atoms with Crippen molar-refractivity contribution in [2.75, 3.05) is 7.11 Å². The summed E-state index contributed by atoms with van der Waals surface area (Å²) in [5.41, 5.74) is 6.66. The molecule has 0 unspecified atom stereocenters. The molecule has 0 atom stereocenters. The maximum atomic E-state index is 5.89. The van der Waals surface area contributed by atoms with Gasteiger partial charge in [-0.1, -0.05) is 84.0 Å². The lowest BCUT2D eigenvalue weighted by atomic mass is 9.78. The summed E-state index contributed by atoms with van der Waals surface area (Å²) in [6.07, 6.45) is 3.74. The third-order valence-electron chi connectivity index (χ3n) is 4.84. The maximum absolute atomic E-state index is 5.89. The van der Waals surface area contributed by atoms with E-state index in [0.29, 0.717) is 0 Å². The average molecular weight is 351 g/mol. The molecule has 0 spiro atoms. The Kier molecular flexibility index (Phi) is 6.01. The fourth-order valence-electron chi connectivity index (χ4n) is 3.23. The van der Waals surface area contributed by atoms with Gasteiger partial charge in [0.15, 0.2) is 0 Å². The lowest BCUT2D eigenvalue weighted by Crippen LogP contribution is -2.18. The van der Waals surface area contributed by atoms with Crippen molar-refractivity contribution in [2.45, 2.75) is 65.2 Å². The van der Waals surface area contributed by atoms with E-state index in [1.165, 1.54) is 27.8 Å². The zero-order chi connectivity index (χ0) is 19.5. The molecule has 0 fully saturated rings. The quantitative estimate of drug-likeness (QED) is 0.551. The zero-order valence-electron chi connectivity index (χ0n) is 17.6. The van der Waals surface area contributed by atoms with Crippen molar-refractivity contribution in [3.8, 4) is 5.75 Å². The Morgan fingerprint density at radius 2 is 1.46 bits per heavy atom. The van der Waals surface area contributed by atoms with Gasteiger partial charge in [0.05, 0.1) is 7.11 Å². The predicted molar refractivity (Wildman–Crippen MR) is 114 cm³/mol. The normalized spacial score (nSPS) is 12.1. The smallest absolute Gasteiger partial charge is 0.126 e. The average Bonchev–Trinajstić information content (AvgIpc) is 2.54. The van der Waals surface area contributed by atoms with Crippen LogP contribution in [0.5, 0.6) is 5.75 Å². The van der Waals surface area contributed by atoms with Crippen LogP contribution < -0.4 is 4.74 Å². The number of methoxy groups -OCH3 is 1. The molecule has 0 aliphatic rings. The van der Waals surface area contributed by atoms with Crippen LogP contribution in [0.4, 0.5) is 0 Å². The van der Waals surface area contributed by atoms with Crippen molar-refractivity contribution in [2.24, 2.45) is 0 Å². The Balaban J connectivity index is 2.53. The van der Waals surface area contributed by atoms with Gasteiger partial charge >= 0.3 is 0 Å². The number of hydrogen-bond acceptors (Lipinski definition) is 1. The molecule has 0 heterocycles. The highest BCUT2D eigenvalue weighted by Gasteiger charge is 2.25. The second kappa shape index (κ2) is 7.70. The Bertz CT molecular complexity index is 752. The van der Waals surface area contributed by atoms with Crippen LogP contribution in [0.2, 0.25) is 0 Å². The lowest BCUT2D eigenvalue weighted by Gasteiger charge is -2.29. The van der Waals surface area contributed by atoms with E-state index in [9.17, 15) is 0 Å². The highest BCUT2D eigenvalue weighted by Crippen LogP contribution is 2.39. The monoisotopic (exact) mass is 350 g/mol. The summed E-state index contributed by atoms with van der Waals surface area (Å²) in [6, 6.07) is 13.5. The van der Waals surface area contributed by atoms with Crippen molar-refractivity contribution in [3.63, 3.8) is 0 Å². The van der Waals surface area contributed by atoms with Crippen molar-refractivity contribution in [1.82, 2.24) is 0 Å². The minimum absolute atomic E-state index is 0.0369. The number of benzene rings is 2. The van der Waals surface area contributed by atoms with Crippen molar-refractivity contribution >= 4 is 0 Å². The van der Waals surface area contributed by atoms with Crippen LogP contribution in [-0.2, 0) is 23.7 Å². The second-order valence-electron chi connectivity index (χ2n) is 9.20. The van der Waals surface area contributed by atoms with Crippen molar-refractivity contribution in [3.05, 3.63) is 76.9 Å². The van der Waals surface area contributed by atoms with Gasteiger partial charge in [-0.2, -0.15) is 0 Å². The van der Waals surface area contributed by atoms with E-state index in [1.54, 1.807) is 7.11 Å². The third-order valence-corrected chi connectivity index (χ3v) is 4.84. The second-order valence-corrected chi connectivity index (χ2v) is 9.20. The van der Waals surface area contributed by atoms with Crippen LogP contribution in [-0.4, -0.2) is 7.11 Å². The van der Waals surface area contributed by atoms with Crippen LogP contribution in [0.1, 0.15) is 69.4 Å². The van der Waals surface area contributed by atoms with Crippen LogP contribution in [0.25, 0.3) is 0 Å². The highest BCUT2D eigenvalue weighted by molar-refractivity contribution is 5.51. The zero-order valence-corrected chi connectivity index (χ0v) is 17.6. The molecule has 140 valence electrons. The van der Waals surface area contributed by atoms with Gasteiger partial charge in [0, 0.05) is 12.0 Å². The van der Waals surface area contributed by atoms with Crippen LogP contribution >= 0.6 is 0 Å². The summed E-state index contributed by atoms with van der Waals surface area (Å²) in [5.74, 6) is 1.03. The van der Waals surface area contributed by atoms with Gasteiger partial charge in [-0.05, 0) is 39.5 Å². The Morgan fingerprint density at radius 1 is 0.885 bits per heavy atom. The van der Waals surface area contributed by atoms with E-state index in [-0.39, 0.29) is 10.8 Å². The van der Waals surface area contributed by atoms with Crippen LogP contribution in [0.15, 0.2) is 49.1 Å². The first-order valence-corrected chi connectivity index (χ1v) is 9.47. The van der Waals surface area contributed by atoms with E-state index in [0.717, 1.165) is 18.6 Å². The Hall–Kier alpha value is -2.02. The molecule has 0 aliphatic carbocycles. The molecule has 0 saturated carbocycles. The number of rotatable bonds is 5. The molecular formula is C25H34O. The molecule has 2 aromatic rings. The summed E-state index contributed by atoms with van der Waals surface area (Å²) < 4.78 is 5.89. The summed E-state index contributed by atoms with van der Waals surface area (Å²) in [4.78, 5) is 0. The van der Waals surface area contributed by atoms with Crippen LogP contribution in [0, 0.1) is 0 Å². The molecule has 0 bridgehead atoms. The van der Waals surface area contributed by atoms with E-state index in [2.05, 4.69) is 84.5 Å². The van der Waals surface area contributed by atoms with Gasteiger partial charge in [0.25, 0.3) is 0 Å². The van der Waals surface area contributed by atoms with Gasteiger partial charge in [0.1, 0.15) is 5.75 Å². The number of hydrogen-bond donors (Lipinski definition) is 0. The summed E-state index contributed by atoms with van der Waals surface area (Å²) in [6.45, 7) is 17.4. The number of ether oxygens (including phenoxy) is 1. The van der Waals surface area contributed by atoms with Gasteiger partial charge in [-0.15, -0.1) is 6.58 Å². The van der Waals surface area contributed by atoms with Crippen molar-refractivity contribution in [1.29, 1.82) is 0 Å². The molecule has 2 rings (SSSR count). The molecule has 0 radical (unpaired) electrons. The first kappa shape index (κ1) is 20.3. The van der Waals surface area contributed by atoms with Crippen LogP contribution in [0.3, 0.4) is 0 Å². The molecule has 0 aliphatic heterocycles. The lowest BCUT2D eigenvalue weighted by molar-refractivity contribution is 0.392. The minimum atomic E-state index is 0.0369. The fourth-order valence-corrected chi connectivity index (χ4v) is 3.23. The maximum Gasteiger partial charge on any atom is 0.126 e. The first-order chi connectivity index (χ1) is 12.1. The highest BCUT2D eigenvalue weighted by atomic mass is 16.5. The Morgan fingerprint density at radius 3 is 1.92 bits per heavy atom. The molecule has 0 N–H and O–H groups in total. The summed E-state index contributed by atoms with van der Waals surface area (Å²) in [5, 5.41) is 0. The summed E-state index contributed by atoms with van der Waals surface area (Å²) >= 11 is 0. The van der Waals surface area contributed by atoms with Gasteiger partial charge < -0.3 is 4.74 Å². The number of allylic oxidation sites excluding steroid dienone is 1. The summed E-state index contributed by atoms with van der Waals surface area (Å²) in [7, 11) is 1.79. The van der Waals surface area contributed by atoms with Gasteiger partial charge in [-0.3, -0.25) is 0 Å². The molecule has 0 saturated heterocycles. The molecule has 0 amide bonds. The third kappa shape index (κ3) is 4.78. The van der Waals surface area contributed by atoms with E-state index in [4.69, 9.17) is 4.74 Å². The van der Waals surface area contributed by atoms with E-state index >= 15 is 0 Å². The molecular weight excluding hydrogens is 316 g/mol. The van der Waals surface area contributed by atoms with E-state index < -0.39 is 0 Å². The molecule has 1 heteroatoms. The van der Waals surface area contributed by atoms with Gasteiger partial charge in [-0.25, -0.2) is 0 Å². The van der Waals surface area contributed by atoms with Crippen molar-refractivity contribution < 1.29 is 4.74 Å². The molecule has 1 nitrogen and oxygen atoms in total. The molecule has 2 aromatic carbocycles. The molecule has 0 aromatic heterocycles. The van der Waals surface area contributed by atoms with E-state index in [1.807, 2.05) is 6.08 Å². The standard InChI is InChI=1S/C25H34O/c1-9-10-18-11-13-19(14-12-18)15-20-16-21(24(2,3)4)17-22(23(20)26-8)25(5,6)7/h9,11-14,16-17H,1,10,15H2,2-8H3. The largest absolute Gasteiger partial charge is 0.496 e. The topological polar surface area (TPSA) is 9.23 Å².